The van der Waals surface area contributed by atoms with Crippen molar-refractivity contribution in [3.63, 3.8) is 0 Å². The van der Waals surface area contributed by atoms with Crippen molar-refractivity contribution in [1.29, 1.82) is 0 Å². The molecule has 0 bridgehead atoms. The van der Waals surface area contributed by atoms with Crippen molar-refractivity contribution in [3.05, 3.63) is 85.1 Å². The molecule has 0 aliphatic carbocycles. The number of hydrogen-bond donors (Lipinski definition) is 3. The van der Waals surface area contributed by atoms with E-state index in [-0.39, 0.29) is 24.9 Å². The van der Waals surface area contributed by atoms with Crippen molar-refractivity contribution in [2.24, 2.45) is 0 Å². The molecule has 0 aliphatic heterocycles. The van der Waals surface area contributed by atoms with Crippen LogP contribution in [0.3, 0.4) is 0 Å². The fraction of sp³-hybridized carbons (Fsp3) is 0.709. The average Bonchev–Trinajstić information content (AvgIpc) is 3.25. The molecule has 0 spiro atoms. The Morgan fingerprint density at radius 3 is 1.43 bits per heavy atom. The Bertz CT molecular complexity index is 1180. The van der Waals surface area contributed by atoms with E-state index in [1.807, 2.05) is 6.08 Å². The Kier molecular flexibility index (Phi) is 45.7. The van der Waals surface area contributed by atoms with Crippen LogP contribution in [0.15, 0.2) is 85.1 Å². The normalized spacial score (nSPS) is 14.0. The lowest BCUT2D eigenvalue weighted by Gasteiger charge is -2.23. The van der Waals surface area contributed by atoms with Crippen LogP contribution in [0.1, 0.15) is 226 Å². The maximum absolute atomic E-state index is 13.1. The largest absolute Gasteiger partial charge is 0.458 e. The molecule has 0 radical (unpaired) electrons. The molecule has 0 aromatic rings. The summed E-state index contributed by atoms with van der Waals surface area (Å²) in [7, 11) is 0. The minimum absolute atomic E-state index is 0.0600. The highest BCUT2D eigenvalue weighted by molar-refractivity contribution is 5.78. The standard InChI is InChI=1S/C55H95NO5/c1-4-7-10-13-16-19-22-25-27-28-30-33-36-39-42-45-48-55(60)61-51(46-43-40-37-34-31-29-26-23-20-17-14-11-8-5-2)49-54(59)56-52(50-57)53(58)47-44-41-38-35-32-24-21-18-15-12-9-6-3/h8,11,17,20,26-30,33-34,37,43,46,51-53,57-58H,4-7,9-10,12-16,18-19,21-25,31-32,35-36,38-42,44-45,47-50H2,1-3H3,(H,56,59)/b11-8+,20-17+,28-27+,29-26+,33-30+,37-34+,46-43+. The van der Waals surface area contributed by atoms with Gasteiger partial charge in [0.05, 0.1) is 25.2 Å². The Hall–Kier alpha value is -2.96. The molecule has 6 heteroatoms. The first-order valence-electron chi connectivity index (χ1n) is 25.3. The lowest BCUT2D eigenvalue weighted by Crippen LogP contribution is -2.46. The molecule has 0 fully saturated rings. The van der Waals surface area contributed by atoms with Crippen molar-refractivity contribution in [2.75, 3.05) is 6.61 Å². The van der Waals surface area contributed by atoms with Gasteiger partial charge in [-0.3, -0.25) is 9.59 Å². The van der Waals surface area contributed by atoms with E-state index in [1.165, 1.54) is 103 Å². The smallest absolute Gasteiger partial charge is 0.306 e. The summed E-state index contributed by atoms with van der Waals surface area (Å²) >= 11 is 0. The zero-order valence-corrected chi connectivity index (χ0v) is 39.8. The van der Waals surface area contributed by atoms with E-state index in [2.05, 4.69) is 99.0 Å². The predicted molar refractivity (Wildman–Crippen MR) is 264 cm³/mol. The van der Waals surface area contributed by atoms with Crippen LogP contribution in [0, 0.1) is 0 Å². The van der Waals surface area contributed by atoms with Crippen molar-refractivity contribution in [3.8, 4) is 0 Å². The van der Waals surface area contributed by atoms with E-state index in [0.717, 1.165) is 77.0 Å². The van der Waals surface area contributed by atoms with Crippen molar-refractivity contribution in [1.82, 2.24) is 5.32 Å². The summed E-state index contributed by atoms with van der Waals surface area (Å²) in [5, 5.41) is 23.7. The maximum atomic E-state index is 13.1. The Morgan fingerprint density at radius 1 is 0.525 bits per heavy atom. The van der Waals surface area contributed by atoms with Crippen molar-refractivity contribution < 1.29 is 24.5 Å². The van der Waals surface area contributed by atoms with Crippen LogP contribution < -0.4 is 5.32 Å². The molecule has 0 aromatic heterocycles. The maximum Gasteiger partial charge on any atom is 0.306 e. The number of hydrogen-bond acceptors (Lipinski definition) is 5. The monoisotopic (exact) mass is 850 g/mol. The highest BCUT2D eigenvalue weighted by atomic mass is 16.5. The van der Waals surface area contributed by atoms with Crippen molar-refractivity contribution in [2.45, 2.75) is 244 Å². The number of aliphatic hydroxyl groups is 2. The summed E-state index contributed by atoms with van der Waals surface area (Å²) in [6.07, 6.45) is 62.4. The Balaban J connectivity index is 4.79. The topological polar surface area (TPSA) is 95.9 Å². The molecular weight excluding hydrogens is 755 g/mol. The van der Waals surface area contributed by atoms with Gasteiger partial charge in [-0.25, -0.2) is 0 Å². The van der Waals surface area contributed by atoms with E-state index >= 15 is 0 Å². The second-order valence-corrected chi connectivity index (χ2v) is 16.9. The van der Waals surface area contributed by atoms with Gasteiger partial charge in [0.15, 0.2) is 0 Å². The van der Waals surface area contributed by atoms with Gasteiger partial charge in [0.25, 0.3) is 0 Å². The molecule has 0 rings (SSSR count). The predicted octanol–water partition coefficient (Wildman–Crippen LogP) is 15.2. The van der Waals surface area contributed by atoms with Gasteiger partial charge in [0.2, 0.25) is 5.91 Å². The number of rotatable bonds is 44. The average molecular weight is 850 g/mol. The van der Waals surface area contributed by atoms with Gasteiger partial charge in [0.1, 0.15) is 6.10 Å². The van der Waals surface area contributed by atoms with Gasteiger partial charge >= 0.3 is 5.97 Å². The summed E-state index contributed by atoms with van der Waals surface area (Å²) in [5.74, 6) is -0.664. The summed E-state index contributed by atoms with van der Waals surface area (Å²) < 4.78 is 5.80. The Labute approximate surface area is 376 Å². The third-order valence-electron chi connectivity index (χ3n) is 11.0. The number of allylic oxidation sites excluding steroid dienone is 13. The van der Waals surface area contributed by atoms with Crippen LogP contribution >= 0.6 is 0 Å². The fourth-order valence-corrected chi connectivity index (χ4v) is 7.15. The zero-order chi connectivity index (χ0) is 44.5. The van der Waals surface area contributed by atoms with Crippen LogP contribution in [0.2, 0.25) is 0 Å². The van der Waals surface area contributed by atoms with Crippen LogP contribution in [0.25, 0.3) is 0 Å². The summed E-state index contributed by atoms with van der Waals surface area (Å²) in [5.41, 5.74) is 0. The van der Waals surface area contributed by atoms with Crippen LogP contribution in [0.4, 0.5) is 0 Å². The number of unbranched alkanes of at least 4 members (excludes halogenated alkanes) is 21. The van der Waals surface area contributed by atoms with Gasteiger partial charge in [-0.1, -0.05) is 222 Å². The number of ether oxygens (including phenoxy) is 1. The van der Waals surface area contributed by atoms with Gasteiger partial charge in [-0.05, 0) is 76.7 Å². The van der Waals surface area contributed by atoms with Crippen LogP contribution in [0.5, 0.6) is 0 Å². The molecule has 350 valence electrons. The minimum Gasteiger partial charge on any atom is -0.458 e. The molecular formula is C55H95NO5. The van der Waals surface area contributed by atoms with Gasteiger partial charge in [-0.15, -0.1) is 0 Å². The second-order valence-electron chi connectivity index (χ2n) is 16.9. The van der Waals surface area contributed by atoms with E-state index in [1.54, 1.807) is 6.08 Å². The zero-order valence-electron chi connectivity index (χ0n) is 39.8. The Morgan fingerprint density at radius 2 is 0.951 bits per heavy atom. The molecule has 3 atom stereocenters. The van der Waals surface area contributed by atoms with E-state index < -0.39 is 18.2 Å². The minimum atomic E-state index is -0.826. The molecule has 61 heavy (non-hydrogen) atoms. The third kappa shape index (κ3) is 43.5. The number of carbonyl (C=O) groups excluding carboxylic acids is 2. The fourth-order valence-electron chi connectivity index (χ4n) is 7.15. The van der Waals surface area contributed by atoms with Gasteiger partial charge < -0.3 is 20.3 Å². The molecule has 0 saturated carbocycles. The first kappa shape index (κ1) is 58.0. The van der Waals surface area contributed by atoms with E-state index in [9.17, 15) is 19.8 Å². The molecule has 0 saturated heterocycles. The summed E-state index contributed by atoms with van der Waals surface area (Å²) in [4.78, 5) is 26.0. The molecule has 3 unspecified atom stereocenters. The van der Waals surface area contributed by atoms with Gasteiger partial charge in [0, 0.05) is 6.42 Å². The molecule has 1 amide bonds. The summed E-state index contributed by atoms with van der Waals surface area (Å²) in [6, 6.07) is -0.750. The van der Waals surface area contributed by atoms with Crippen molar-refractivity contribution >= 4 is 11.9 Å². The van der Waals surface area contributed by atoms with Crippen LogP contribution in [-0.2, 0) is 14.3 Å². The molecule has 3 N–H and O–H groups in total. The molecule has 0 heterocycles. The quantitative estimate of drug-likeness (QED) is 0.0246. The number of nitrogens with one attached hydrogen (secondary N) is 1. The second kappa shape index (κ2) is 48.1. The molecule has 0 aromatic carbocycles. The number of esters is 1. The SMILES string of the molecule is CC/C=C/C/C=C/C/C=C/C/C=C/C/C=C/C(CC(=O)NC(CO)C(O)CCCCCCCCCCCCCC)OC(=O)CCCCC/C=C/C=C/CCCCCCCCC. The first-order valence-corrected chi connectivity index (χ1v) is 25.3. The molecule has 0 aliphatic rings. The number of carbonyl (C=O) groups is 2. The molecule has 6 nitrogen and oxygen atoms in total. The van der Waals surface area contributed by atoms with Gasteiger partial charge in [-0.2, -0.15) is 0 Å². The number of amides is 1. The lowest BCUT2D eigenvalue weighted by molar-refractivity contribution is -0.148. The van der Waals surface area contributed by atoms with E-state index in [0.29, 0.717) is 19.3 Å². The van der Waals surface area contributed by atoms with Crippen LogP contribution in [-0.4, -0.2) is 46.9 Å². The summed E-state index contributed by atoms with van der Waals surface area (Å²) in [6.45, 7) is 6.31. The highest BCUT2D eigenvalue weighted by Crippen LogP contribution is 2.15. The third-order valence-corrected chi connectivity index (χ3v) is 11.0. The highest BCUT2D eigenvalue weighted by Gasteiger charge is 2.23. The van der Waals surface area contributed by atoms with E-state index in [4.69, 9.17) is 4.74 Å². The first-order chi connectivity index (χ1) is 30.0. The lowest BCUT2D eigenvalue weighted by atomic mass is 10.0. The number of aliphatic hydroxyl groups excluding tert-OH is 2.